The van der Waals surface area contributed by atoms with Gasteiger partial charge in [0.2, 0.25) is 17.7 Å². The van der Waals surface area contributed by atoms with Crippen molar-refractivity contribution in [3.63, 3.8) is 0 Å². The predicted molar refractivity (Wildman–Crippen MR) is 223 cm³/mol. The summed E-state index contributed by atoms with van der Waals surface area (Å²) in [4.78, 5) is 63.5. The number of nitrogens with one attached hydrogen (secondary N) is 2. The second kappa shape index (κ2) is 17.1. The van der Waals surface area contributed by atoms with E-state index < -0.39 is 49.0 Å². The normalized spacial score (nSPS) is 25.1. The Morgan fingerprint density at radius 2 is 1.88 bits per heavy atom. The highest BCUT2D eigenvalue weighted by molar-refractivity contribution is 7.57. The molecule has 4 aromatic rings. The molecular formula is C44H48FN6O7PS. The standard InChI is InChI=1S/C44H48FN6O7PS/c1-3-21-57-43(55)27(2)49-59(56,58-32-11-5-4-6-12-32)39(45)28-14-17-37-30(22-28)23-38(60-37)40(52)48-35-13-7-10-31-15-16-36(51(31)41(35)53)42(54)50-26-33(29-9-8-20-47-25-29)34(24-46)44(50)18-19-44/h4-6,8-9,11-12,14,17,20,22-23,25,27,31,33-36,39H,3,7,10,13,15-16,18-19,21,26H2,1-2H3,(H,48,52)(H,49,56)/t27-,31-,33+,34+,35-,36-,39+,59?/m0/s1. The van der Waals surface area contributed by atoms with E-state index in [1.807, 2.05) is 24.0 Å². The van der Waals surface area contributed by atoms with E-state index in [0.29, 0.717) is 60.0 Å². The summed E-state index contributed by atoms with van der Waals surface area (Å²) in [5, 5.41) is 16.3. The van der Waals surface area contributed by atoms with Gasteiger partial charge in [0.25, 0.3) is 5.91 Å². The number of alkyl halides is 1. The minimum atomic E-state index is -4.46. The summed E-state index contributed by atoms with van der Waals surface area (Å²) in [6.07, 6.45) is 8.54. The number of aromatic nitrogens is 1. The van der Waals surface area contributed by atoms with E-state index in [9.17, 15) is 29.0 Å². The van der Waals surface area contributed by atoms with Gasteiger partial charge in [-0.1, -0.05) is 37.3 Å². The molecule has 5 heterocycles. The molecule has 1 unspecified atom stereocenters. The first-order valence-corrected chi connectivity index (χ1v) is 23.2. The van der Waals surface area contributed by atoms with Crippen LogP contribution in [0.5, 0.6) is 5.75 Å². The highest BCUT2D eigenvalue weighted by Gasteiger charge is 2.64. The predicted octanol–water partition coefficient (Wildman–Crippen LogP) is 7.41. The van der Waals surface area contributed by atoms with Crippen LogP contribution in [-0.2, 0) is 23.7 Å². The maximum atomic E-state index is 16.5. The highest BCUT2D eigenvalue weighted by Crippen LogP contribution is 2.59. The van der Waals surface area contributed by atoms with Crippen LogP contribution in [0.1, 0.15) is 97.8 Å². The van der Waals surface area contributed by atoms with Gasteiger partial charge in [-0.2, -0.15) is 5.26 Å². The van der Waals surface area contributed by atoms with Crippen molar-refractivity contribution in [2.24, 2.45) is 5.92 Å². The van der Waals surface area contributed by atoms with E-state index >= 15 is 4.39 Å². The van der Waals surface area contributed by atoms with Gasteiger partial charge >= 0.3 is 13.5 Å². The summed E-state index contributed by atoms with van der Waals surface area (Å²) in [6.45, 7) is 3.82. The van der Waals surface area contributed by atoms with Gasteiger partial charge in [-0.3, -0.25) is 28.7 Å². The number of pyridine rings is 1. The fourth-order valence-electron chi connectivity index (χ4n) is 9.24. The number of nitriles is 1. The fourth-order valence-corrected chi connectivity index (χ4v) is 12.1. The second-order valence-electron chi connectivity index (χ2n) is 16.3. The molecule has 314 valence electrons. The van der Waals surface area contributed by atoms with E-state index in [4.69, 9.17) is 9.26 Å². The molecule has 13 nitrogen and oxygen atoms in total. The molecule has 8 atom stereocenters. The zero-order chi connectivity index (χ0) is 42.2. The average Bonchev–Trinajstić information content (AvgIpc) is 3.62. The van der Waals surface area contributed by atoms with Gasteiger partial charge in [-0.05, 0) is 111 Å². The minimum Gasteiger partial charge on any atom is -0.465 e. The Morgan fingerprint density at radius 1 is 1.08 bits per heavy atom. The van der Waals surface area contributed by atoms with Crippen molar-refractivity contribution in [2.75, 3.05) is 13.2 Å². The molecule has 4 fully saturated rings. The lowest BCUT2D eigenvalue weighted by Gasteiger charge is -2.35. The fraction of sp³-hybridized carbons (Fsp3) is 0.455. The first kappa shape index (κ1) is 41.6. The summed E-state index contributed by atoms with van der Waals surface area (Å²) >= 11 is 1.17. The molecule has 0 radical (unpaired) electrons. The van der Waals surface area contributed by atoms with E-state index in [0.717, 1.165) is 18.4 Å². The third-order valence-electron chi connectivity index (χ3n) is 12.4. The third-order valence-corrected chi connectivity index (χ3v) is 15.6. The van der Waals surface area contributed by atoms with Crippen molar-refractivity contribution in [1.82, 2.24) is 25.2 Å². The van der Waals surface area contributed by atoms with E-state index in [1.54, 1.807) is 47.6 Å². The number of nitrogens with zero attached hydrogens (tertiary/aromatic N) is 4. The van der Waals surface area contributed by atoms with Crippen LogP contribution in [0.4, 0.5) is 4.39 Å². The van der Waals surface area contributed by atoms with E-state index in [2.05, 4.69) is 21.5 Å². The smallest absolute Gasteiger partial charge is 0.355 e. The average molecular weight is 855 g/mol. The van der Waals surface area contributed by atoms with Gasteiger partial charge in [-0.15, -0.1) is 11.3 Å². The summed E-state index contributed by atoms with van der Waals surface area (Å²) in [6, 6.07) is 17.8. The minimum absolute atomic E-state index is 0.0155. The summed E-state index contributed by atoms with van der Waals surface area (Å²) < 4.78 is 42.5. The lowest BCUT2D eigenvalue weighted by molar-refractivity contribution is -0.147. The number of likely N-dealkylation sites (tertiary alicyclic amines) is 1. The van der Waals surface area contributed by atoms with Crippen LogP contribution in [0, 0.1) is 17.2 Å². The molecule has 3 saturated heterocycles. The van der Waals surface area contributed by atoms with E-state index in [1.165, 1.54) is 42.5 Å². The maximum absolute atomic E-state index is 16.5. The number of hydrogen-bond acceptors (Lipinski definition) is 10. The Morgan fingerprint density at radius 3 is 2.60 bits per heavy atom. The zero-order valence-electron chi connectivity index (χ0n) is 33.5. The van der Waals surface area contributed by atoms with E-state index in [-0.39, 0.29) is 47.6 Å². The number of fused-ring (bicyclic) bond motifs is 2. The lowest BCUT2D eigenvalue weighted by Crippen LogP contribution is -2.56. The summed E-state index contributed by atoms with van der Waals surface area (Å²) in [7, 11) is -4.46. The monoisotopic (exact) mass is 854 g/mol. The number of para-hydroxylation sites is 1. The number of esters is 1. The molecule has 2 aromatic carbocycles. The van der Waals surface area contributed by atoms with Crippen molar-refractivity contribution in [3.8, 4) is 11.8 Å². The Kier molecular flexibility index (Phi) is 11.8. The molecule has 2 aromatic heterocycles. The SMILES string of the molecule is CCCOC(=O)[C@H](C)NP(=O)(Oc1ccccc1)[C@@H](F)c1ccc2sc(C(=O)N[C@H]3CCC[C@H]4CC[C@@H](C(=O)N5C[C@H](c6cccnc6)[C@@H](C#N)C56CC6)N4C3=O)cc2c1. The van der Waals surface area contributed by atoms with Gasteiger partial charge in [0.05, 0.1) is 29.0 Å². The first-order chi connectivity index (χ1) is 29.0. The van der Waals surface area contributed by atoms with Crippen molar-refractivity contribution in [3.05, 3.63) is 95.1 Å². The van der Waals surface area contributed by atoms with Crippen LogP contribution >= 0.6 is 18.9 Å². The first-order valence-electron chi connectivity index (χ1n) is 20.7. The molecule has 4 aliphatic rings. The lowest BCUT2D eigenvalue weighted by atomic mass is 9.85. The van der Waals surface area contributed by atoms with Gasteiger partial charge in [-0.25, -0.2) is 9.48 Å². The number of halogens is 1. The molecule has 1 aliphatic carbocycles. The van der Waals surface area contributed by atoms with Crippen LogP contribution in [0.3, 0.4) is 0 Å². The number of carbonyl (C=O) groups is 4. The number of ether oxygens (including phenoxy) is 1. The number of carbonyl (C=O) groups excluding carboxylic acids is 4. The second-order valence-corrected chi connectivity index (χ2v) is 19.4. The van der Waals surface area contributed by atoms with Crippen LogP contribution in [0.25, 0.3) is 10.1 Å². The topological polar surface area (TPSA) is 171 Å². The Hall–Kier alpha value is -5.16. The largest absolute Gasteiger partial charge is 0.465 e. The molecule has 2 N–H and O–H groups in total. The highest BCUT2D eigenvalue weighted by atomic mass is 32.1. The number of hydrogen-bond donors (Lipinski definition) is 2. The molecule has 1 saturated carbocycles. The van der Waals surface area contributed by atoms with Crippen LogP contribution in [0.2, 0.25) is 0 Å². The molecule has 3 amide bonds. The maximum Gasteiger partial charge on any atom is 0.355 e. The third kappa shape index (κ3) is 7.93. The molecule has 1 spiro atoms. The van der Waals surface area contributed by atoms with Gasteiger partial charge in [0.15, 0.2) is 0 Å². The zero-order valence-corrected chi connectivity index (χ0v) is 35.2. The number of thiophene rings is 1. The van der Waals surface area contributed by atoms with Crippen molar-refractivity contribution < 1.29 is 37.4 Å². The van der Waals surface area contributed by atoms with Crippen LogP contribution in [0.15, 0.2) is 79.1 Å². The molecule has 8 rings (SSSR count). The van der Waals surface area contributed by atoms with Crippen LogP contribution < -0.4 is 14.9 Å². The van der Waals surface area contributed by atoms with Crippen molar-refractivity contribution >= 4 is 52.6 Å². The van der Waals surface area contributed by atoms with Crippen molar-refractivity contribution in [1.29, 1.82) is 5.26 Å². The quantitative estimate of drug-likeness (QED) is 0.102. The van der Waals surface area contributed by atoms with Gasteiger partial charge in [0.1, 0.15) is 23.9 Å². The molecule has 16 heteroatoms. The molecule has 60 heavy (non-hydrogen) atoms. The van der Waals surface area contributed by atoms with Gasteiger partial charge in [0, 0.05) is 35.6 Å². The number of amides is 3. The Bertz CT molecular complexity index is 2360. The van der Waals surface area contributed by atoms with Gasteiger partial charge < -0.3 is 24.4 Å². The summed E-state index contributed by atoms with van der Waals surface area (Å²) in [5.74, 6) is -4.16. The van der Waals surface area contributed by atoms with Crippen LogP contribution in [-0.4, -0.2) is 81.3 Å². The molecule has 3 aliphatic heterocycles. The number of rotatable bonds is 13. The summed E-state index contributed by atoms with van der Waals surface area (Å²) in [5.41, 5.74) is 0.400. The molecule has 0 bridgehead atoms. The Labute approximate surface area is 352 Å². The number of benzene rings is 2. The molecular weight excluding hydrogens is 807 g/mol. The Balaban J connectivity index is 0.980. The van der Waals surface area contributed by atoms with Crippen molar-refractivity contribution in [2.45, 2.75) is 107 Å².